The molecule has 21 heavy (non-hydrogen) atoms. The Labute approximate surface area is 126 Å². The summed E-state index contributed by atoms with van der Waals surface area (Å²) < 4.78 is 5.72. The van der Waals surface area contributed by atoms with Gasteiger partial charge in [-0.05, 0) is 31.4 Å². The molecular weight excluding hydrogens is 268 g/mol. The van der Waals surface area contributed by atoms with Crippen molar-refractivity contribution in [3.8, 4) is 5.75 Å². The zero-order chi connectivity index (χ0) is 15.7. The van der Waals surface area contributed by atoms with Gasteiger partial charge in [0.05, 0.1) is 11.5 Å². The molecular formula is C16H24N2O3. The van der Waals surface area contributed by atoms with Gasteiger partial charge in [-0.1, -0.05) is 19.9 Å². The smallest absolute Gasteiger partial charge is 0.270 e. The van der Waals surface area contributed by atoms with E-state index >= 15 is 0 Å². The number of benzene rings is 1. The molecule has 0 aliphatic carbocycles. The number of hydrogen-bond acceptors (Lipinski definition) is 4. The van der Waals surface area contributed by atoms with Crippen LogP contribution in [-0.4, -0.2) is 18.1 Å². The molecule has 1 aromatic rings. The molecule has 0 aliphatic heterocycles. The van der Waals surface area contributed by atoms with Crippen LogP contribution in [0.2, 0.25) is 0 Å². The highest BCUT2D eigenvalue weighted by molar-refractivity contribution is 5.43. The van der Waals surface area contributed by atoms with Gasteiger partial charge in [-0.2, -0.15) is 0 Å². The van der Waals surface area contributed by atoms with Gasteiger partial charge in [0.2, 0.25) is 0 Å². The number of nitro benzene ring substituents is 1. The third-order valence-corrected chi connectivity index (χ3v) is 2.93. The summed E-state index contributed by atoms with van der Waals surface area (Å²) in [5, 5.41) is 14.2. The van der Waals surface area contributed by atoms with Crippen molar-refractivity contribution in [1.82, 2.24) is 5.32 Å². The number of nitro groups is 1. The molecule has 5 heteroatoms. The minimum Gasteiger partial charge on any atom is -0.493 e. The maximum atomic E-state index is 10.9. The predicted octanol–water partition coefficient (Wildman–Crippen LogP) is 3.69. The number of allylic oxidation sites excluding steroid dienone is 1. The van der Waals surface area contributed by atoms with Crippen LogP contribution in [0.5, 0.6) is 5.75 Å². The van der Waals surface area contributed by atoms with Crippen molar-refractivity contribution in [3.63, 3.8) is 0 Å². The van der Waals surface area contributed by atoms with Gasteiger partial charge in [-0.25, -0.2) is 0 Å². The van der Waals surface area contributed by atoms with E-state index in [1.807, 2.05) is 6.08 Å². The van der Waals surface area contributed by atoms with Gasteiger partial charge in [-0.15, -0.1) is 6.58 Å². The summed E-state index contributed by atoms with van der Waals surface area (Å²) in [6, 6.07) is 4.74. The van der Waals surface area contributed by atoms with Gasteiger partial charge in [0.15, 0.2) is 0 Å². The molecule has 0 saturated heterocycles. The first-order valence-electron chi connectivity index (χ1n) is 7.26. The lowest BCUT2D eigenvalue weighted by atomic mass is 10.1. The molecule has 0 aliphatic rings. The lowest BCUT2D eigenvalue weighted by Gasteiger charge is -2.13. The first-order chi connectivity index (χ1) is 10.0. The molecule has 0 heterocycles. The number of hydrogen-bond donors (Lipinski definition) is 1. The van der Waals surface area contributed by atoms with Crippen LogP contribution in [-0.2, 0) is 6.54 Å². The van der Waals surface area contributed by atoms with E-state index in [1.165, 1.54) is 6.07 Å². The lowest BCUT2D eigenvalue weighted by molar-refractivity contribution is -0.384. The number of unbranched alkanes of at least 4 members (excludes halogenated alkanes) is 1. The predicted molar refractivity (Wildman–Crippen MR) is 84.6 cm³/mol. The molecule has 0 spiro atoms. The summed E-state index contributed by atoms with van der Waals surface area (Å²) in [5.74, 6) is 1.24. The fourth-order valence-corrected chi connectivity index (χ4v) is 1.86. The highest BCUT2D eigenvalue weighted by Gasteiger charge is 2.11. The van der Waals surface area contributed by atoms with Crippen LogP contribution in [0.1, 0.15) is 32.3 Å². The summed E-state index contributed by atoms with van der Waals surface area (Å²) in [7, 11) is 0. The van der Waals surface area contributed by atoms with Gasteiger partial charge in [-0.3, -0.25) is 10.1 Å². The molecule has 0 bridgehead atoms. The van der Waals surface area contributed by atoms with E-state index < -0.39 is 0 Å². The second-order valence-corrected chi connectivity index (χ2v) is 5.35. The van der Waals surface area contributed by atoms with Crippen molar-refractivity contribution in [3.05, 3.63) is 46.5 Å². The largest absolute Gasteiger partial charge is 0.493 e. The van der Waals surface area contributed by atoms with Crippen molar-refractivity contribution in [2.45, 2.75) is 33.2 Å². The highest BCUT2D eigenvalue weighted by Crippen LogP contribution is 2.24. The quantitative estimate of drug-likeness (QED) is 0.309. The standard InChI is InChI=1S/C16H24N2O3/c1-4-5-6-9-21-16-8-7-15(18(19)20)10-14(16)12-17-11-13(2)3/h4,7-8,10,13,17H,1,5-6,9,11-12H2,2-3H3. The third kappa shape index (κ3) is 6.40. The molecule has 0 radical (unpaired) electrons. The number of rotatable bonds is 10. The molecule has 0 atom stereocenters. The van der Waals surface area contributed by atoms with Crippen LogP contribution in [0.15, 0.2) is 30.9 Å². The topological polar surface area (TPSA) is 64.4 Å². The second kappa shape index (κ2) is 9.13. The van der Waals surface area contributed by atoms with Gasteiger partial charge >= 0.3 is 0 Å². The third-order valence-electron chi connectivity index (χ3n) is 2.93. The first-order valence-corrected chi connectivity index (χ1v) is 7.26. The molecule has 0 saturated carbocycles. The van der Waals surface area contributed by atoms with E-state index in [0.29, 0.717) is 24.8 Å². The average molecular weight is 292 g/mol. The Kier molecular flexibility index (Phi) is 7.46. The van der Waals surface area contributed by atoms with E-state index in [0.717, 1.165) is 24.9 Å². The van der Waals surface area contributed by atoms with Crippen molar-refractivity contribution >= 4 is 5.69 Å². The normalized spacial score (nSPS) is 10.6. The van der Waals surface area contributed by atoms with Crippen LogP contribution in [0.25, 0.3) is 0 Å². The average Bonchev–Trinajstić information content (AvgIpc) is 2.44. The monoisotopic (exact) mass is 292 g/mol. The van der Waals surface area contributed by atoms with Gasteiger partial charge in [0.1, 0.15) is 5.75 Å². The maximum absolute atomic E-state index is 10.9. The maximum Gasteiger partial charge on any atom is 0.270 e. The van der Waals surface area contributed by atoms with Gasteiger partial charge in [0.25, 0.3) is 5.69 Å². The molecule has 0 unspecified atom stereocenters. The number of ether oxygens (including phenoxy) is 1. The van der Waals surface area contributed by atoms with E-state index in [-0.39, 0.29) is 10.6 Å². The Bertz CT molecular complexity index is 473. The summed E-state index contributed by atoms with van der Waals surface area (Å²) in [5.41, 5.74) is 0.915. The summed E-state index contributed by atoms with van der Waals surface area (Å²) in [6.45, 7) is 9.92. The number of non-ortho nitro benzene ring substituents is 1. The zero-order valence-corrected chi connectivity index (χ0v) is 12.8. The fraction of sp³-hybridized carbons (Fsp3) is 0.500. The van der Waals surface area contributed by atoms with E-state index in [2.05, 4.69) is 25.7 Å². The molecule has 0 amide bonds. The molecule has 1 rings (SSSR count). The molecule has 1 aromatic carbocycles. The van der Waals surface area contributed by atoms with Crippen LogP contribution >= 0.6 is 0 Å². The Morgan fingerprint density at radius 1 is 1.48 bits per heavy atom. The van der Waals surface area contributed by atoms with E-state index in [4.69, 9.17) is 4.74 Å². The Morgan fingerprint density at radius 3 is 2.86 bits per heavy atom. The van der Waals surface area contributed by atoms with Crippen molar-refractivity contribution in [1.29, 1.82) is 0 Å². The van der Waals surface area contributed by atoms with E-state index in [1.54, 1.807) is 12.1 Å². The minimum atomic E-state index is -0.382. The zero-order valence-electron chi connectivity index (χ0n) is 12.8. The lowest BCUT2D eigenvalue weighted by Crippen LogP contribution is -2.19. The van der Waals surface area contributed by atoms with Gasteiger partial charge < -0.3 is 10.1 Å². The molecule has 5 nitrogen and oxygen atoms in total. The second-order valence-electron chi connectivity index (χ2n) is 5.35. The molecule has 0 aromatic heterocycles. The minimum absolute atomic E-state index is 0.0924. The van der Waals surface area contributed by atoms with Gasteiger partial charge in [0, 0.05) is 24.2 Å². The molecule has 0 fully saturated rings. The van der Waals surface area contributed by atoms with Crippen molar-refractivity contribution in [2.75, 3.05) is 13.2 Å². The Morgan fingerprint density at radius 2 is 2.24 bits per heavy atom. The van der Waals surface area contributed by atoms with Crippen molar-refractivity contribution < 1.29 is 9.66 Å². The van der Waals surface area contributed by atoms with Crippen LogP contribution in [0.3, 0.4) is 0 Å². The first kappa shape index (κ1) is 17.2. The van der Waals surface area contributed by atoms with Crippen LogP contribution in [0, 0.1) is 16.0 Å². The highest BCUT2D eigenvalue weighted by atomic mass is 16.6. The molecule has 1 N–H and O–H groups in total. The molecule has 116 valence electrons. The number of nitrogens with one attached hydrogen (secondary N) is 1. The Balaban J connectivity index is 2.73. The summed E-state index contributed by atoms with van der Waals surface area (Å²) >= 11 is 0. The fourth-order valence-electron chi connectivity index (χ4n) is 1.86. The van der Waals surface area contributed by atoms with Crippen molar-refractivity contribution in [2.24, 2.45) is 5.92 Å². The van der Waals surface area contributed by atoms with E-state index in [9.17, 15) is 10.1 Å². The summed E-state index contributed by atoms with van der Waals surface area (Å²) in [4.78, 5) is 10.5. The van der Waals surface area contributed by atoms with Crippen LogP contribution in [0.4, 0.5) is 5.69 Å². The van der Waals surface area contributed by atoms with Crippen LogP contribution < -0.4 is 10.1 Å². The Hall–Kier alpha value is -1.88. The SMILES string of the molecule is C=CCCCOc1ccc([N+](=O)[O-])cc1CNCC(C)C. The number of nitrogens with zero attached hydrogens (tertiary/aromatic N) is 1. The summed E-state index contributed by atoms with van der Waals surface area (Å²) in [6.07, 6.45) is 3.64.